The minimum absolute atomic E-state index is 0.155. The van der Waals surface area contributed by atoms with Gasteiger partial charge in [0.15, 0.2) is 4.80 Å². The topological polar surface area (TPSA) is 71.7 Å². The Bertz CT molecular complexity index is 1250. The summed E-state index contributed by atoms with van der Waals surface area (Å²) < 4.78 is 30.2. The van der Waals surface area contributed by atoms with Crippen molar-refractivity contribution in [2.24, 2.45) is 10.9 Å². The van der Waals surface area contributed by atoms with Crippen LogP contribution in [-0.4, -0.2) is 36.3 Å². The monoisotopic (exact) mass is 445 g/mol. The summed E-state index contributed by atoms with van der Waals surface area (Å²) in [7, 11) is -3.57. The molecule has 0 bridgehead atoms. The molecule has 1 unspecified atom stereocenters. The Balaban J connectivity index is 1.63. The summed E-state index contributed by atoms with van der Waals surface area (Å²) in [5.41, 5.74) is 0.938. The van der Waals surface area contributed by atoms with Crippen molar-refractivity contribution < 1.29 is 13.2 Å². The summed E-state index contributed by atoms with van der Waals surface area (Å²) in [6.07, 6.45) is 6.76. The molecule has 1 aliphatic rings. The third-order valence-electron chi connectivity index (χ3n) is 4.87. The van der Waals surface area contributed by atoms with Crippen molar-refractivity contribution >= 4 is 48.8 Å². The summed E-state index contributed by atoms with van der Waals surface area (Å²) in [5.74, 6) is 1.86. The van der Waals surface area contributed by atoms with Crippen LogP contribution in [0, 0.1) is 18.3 Å². The highest BCUT2D eigenvalue weighted by atomic mass is 32.2. The summed E-state index contributed by atoms with van der Waals surface area (Å²) in [4.78, 5) is 17.8. The zero-order chi connectivity index (χ0) is 20.4. The number of thiophene rings is 1. The lowest BCUT2D eigenvalue weighted by Crippen LogP contribution is -2.42. The number of terminal acetylenes is 1. The van der Waals surface area contributed by atoms with Gasteiger partial charge in [-0.05, 0) is 36.4 Å². The highest BCUT2D eigenvalue weighted by Crippen LogP contribution is 2.27. The second-order valence-corrected chi connectivity index (χ2v) is 10.8. The van der Waals surface area contributed by atoms with Gasteiger partial charge in [-0.2, -0.15) is 9.30 Å². The number of aromatic nitrogens is 1. The highest BCUT2D eigenvalue weighted by molar-refractivity contribution is 7.91. The average Bonchev–Trinajstić information content (AvgIpc) is 3.38. The van der Waals surface area contributed by atoms with Gasteiger partial charge in [0.2, 0.25) is 0 Å². The van der Waals surface area contributed by atoms with Gasteiger partial charge in [0.25, 0.3) is 15.9 Å². The van der Waals surface area contributed by atoms with E-state index in [4.69, 9.17) is 6.42 Å². The van der Waals surface area contributed by atoms with E-state index < -0.39 is 15.9 Å². The van der Waals surface area contributed by atoms with E-state index in [-0.39, 0.29) is 12.5 Å². The van der Waals surface area contributed by atoms with Gasteiger partial charge < -0.3 is 4.57 Å². The number of rotatable bonds is 4. The number of thiazole rings is 1. The number of amides is 1. The number of carbonyl (C=O) groups excluding carboxylic acids is 1. The average molecular weight is 446 g/mol. The van der Waals surface area contributed by atoms with Crippen LogP contribution in [-0.2, 0) is 21.4 Å². The fraction of sp³-hybridized carbons (Fsp3) is 0.300. The standard InChI is InChI=1S/C20H19N3O3S3/c1-2-11-23-16-8-3-4-9-17(16)28-20(23)21-19(24)15-7-5-12-22(14-15)29(25,26)18-10-6-13-27-18/h1,3-4,6,8-10,13,15H,5,7,11-12,14H2. The van der Waals surface area contributed by atoms with Crippen molar-refractivity contribution in [1.82, 2.24) is 8.87 Å². The van der Waals surface area contributed by atoms with E-state index in [1.54, 1.807) is 17.5 Å². The first-order valence-electron chi connectivity index (χ1n) is 9.15. The number of piperidine rings is 1. The fourth-order valence-corrected chi connectivity index (χ4v) is 7.14. The Kier molecular flexibility index (Phi) is 5.69. The van der Waals surface area contributed by atoms with Crippen LogP contribution in [0.3, 0.4) is 0 Å². The van der Waals surface area contributed by atoms with Gasteiger partial charge in [-0.15, -0.1) is 17.8 Å². The molecule has 1 amide bonds. The SMILES string of the molecule is C#CCn1c(=NC(=O)C2CCCN(S(=O)(=O)c3cccs3)C2)sc2ccccc21. The second kappa shape index (κ2) is 8.24. The quantitative estimate of drug-likeness (QED) is 0.580. The van der Waals surface area contributed by atoms with E-state index in [1.807, 2.05) is 28.8 Å². The van der Waals surface area contributed by atoms with Gasteiger partial charge in [0.1, 0.15) is 4.21 Å². The van der Waals surface area contributed by atoms with Crippen LogP contribution < -0.4 is 4.80 Å². The molecular formula is C20H19N3O3S3. The van der Waals surface area contributed by atoms with Gasteiger partial charge in [0, 0.05) is 13.1 Å². The lowest BCUT2D eigenvalue weighted by atomic mass is 9.99. The smallest absolute Gasteiger partial charge is 0.252 e. The van der Waals surface area contributed by atoms with Crippen molar-refractivity contribution in [2.45, 2.75) is 23.6 Å². The molecule has 1 saturated heterocycles. The number of fused-ring (bicyclic) bond motifs is 1. The molecule has 0 spiro atoms. The van der Waals surface area contributed by atoms with Gasteiger partial charge in [-0.25, -0.2) is 8.42 Å². The lowest BCUT2D eigenvalue weighted by molar-refractivity contribution is -0.122. The molecule has 3 aromatic rings. The predicted molar refractivity (Wildman–Crippen MR) is 115 cm³/mol. The molecule has 1 aromatic carbocycles. The van der Waals surface area contributed by atoms with Crippen molar-refractivity contribution in [3.05, 3.63) is 46.6 Å². The molecule has 0 saturated carbocycles. The molecule has 1 fully saturated rings. The Morgan fingerprint density at radius 3 is 2.86 bits per heavy atom. The minimum Gasteiger partial charge on any atom is -0.305 e. The van der Waals surface area contributed by atoms with Crippen molar-refractivity contribution in [1.29, 1.82) is 0 Å². The Labute approximate surface area is 177 Å². The summed E-state index contributed by atoms with van der Waals surface area (Å²) in [6.45, 7) is 0.895. The maximum absolute atomic E-state index is 12.9. The summed E-state index contributed by atoms with van der Waals surface area (Å²) in [6, 6.07) is 11.1. The number of hydrogen-bond donors (Lipinski definition) is 0. The maximum Gasteiger partial charge on any atom is 0.252 e. The highest BCUT2D eigenvalue weighted by Gasteiger charge is 2.33. The van der Waals surface area contributed by atoms with E-state index in [0.717, 1.165) is 10.2 Å². The van der Waals surface area contributed by atoms with E-state index in [0.29, 0.717) is 34.9 Å². The van der Waals surface area contributed by atoms with Crippen LogP contribution in [0.5, 0.6) is 0 Å². The van der Waals surface area contributed by atoms with Crippen LogP contribution in [0.2, 0.25) is 0 Å². The van der Waals surface area contributed by atoms with E-state index >= 15 is 0 Å². The van der Waals surface area contributed by atoms with E-state index in [2.05, 4.69) is 10.9 Å². The molecule has 9 heteroatoms. The molecule has 0 radical (unpaired) electrons. The first-order chi connectivity index (χ1) is 14.0. The molecule has 6 nitrogen and oxygen atoms in total. The van der Waals surface area contributed by atoms with E-state index in [9.17, 15) is 13.2 Å². The second-order valence-electron chi connectivity index (χ2n) is 6.73. The van der Waals surface area contributed by atoms with Crippen LogP contribution in [0.4, 0.5) is 0 Å². The van der Waals surface area contributed by atoms with Crippen molar-refractivity contribution in [3.8, 4) is 12.3 Å². The number of sulfonamides is 1. The third kappa shape index (κ3) is 3.94. The Morgan fingerprint density at radius 2 is 2.10 bits per heavy atom. The Morgan fingerprint density at radius 1 is 1.28 bits per heavy atom. The molecule has 0 N–H and O–H groups in total. The van der Waals surface area contributed by atoms with Crippen molar-refractivity contribution in [3.63, 3.8) is 0 Å². The number of benzene rings is 1. The predicted octanol–water partition coefficient (Wildman–Crippen LogP) is 2.93. The van der Waals surface area contributed by atoms with Gasteiger partial charge >= 0.3 is 0 Å². The van der Waals surface area contributed by atoms with Crippen LogP contribution >= 0.6 is 22.7 Å². The number of hydrogen-bond acceptors (Lipinski definition) is 5. The molecule has 4 rings (SSSR count). The van der Waals surface area contributed by atoms with Crippen LogP contribution in [0.15, 0.2) is 51.0 Å². The molecule has 1 aliphatic heterocycles. The third-order valence-corrected chi connectivity index (χ3v) is 9.16. The van der Waals surface area contributed by atoms with Crippen molar-refractivity contribution in [2.75, 3.05) is 13.1 Å². The number of nitrogens with zero attached hydrogens (tertiary/aromatic N) is 3. The van der Waals surface area contributed by atoms with Crippen LogP contribution in [0.25, 0.3) is 10.2 Å². The molecule has 3 heterocycles. The maximum atomic E-state index is 12.9. The molecule has 29 heavy (non-hydrogen) atoms. The zero-order valence-corrected chi connectivity index (χ0v) is 18.0. The van der Waals surface area contributed by atoms with Crippen LogP contribution in [0.1, 0.15) is 12.8 Å². The first-order valence-corrected chi connectivity index (χ1v) is 12.3. The first kappa shape index (κ1) is 20.0. The molecular weight excluding hydrogens is 426 g/mol. The van der Waals surface area contributed by atoms with E-state index in [1.165, 1.54) is 27.0 Å². The minimum atomic E-state index is -3.57. The Hall–Kier alpha value is -2.25. The molecule has 150 valence electrons. The molecule has 2 aromatic heterocycles. The van der Waals surface area contributed by atoms with Gasteiger partial charge in [0.05, 0.1) is 22.7 Å². The molecule has 1 atom stereocenters. The number of para-hydroxylation sites is 1. The lowest BCUT2D eigenvalue weighted by Gasteiger charge is -2.29. The largest absolute Gasteiger partial charge is 0.305 e. The zero-order valence-electron chi connectivity index (χ0n) is 15.5. The summed E-state index contributed by atoms with van der Waals surface area (Å²) >= 11 is 2.60. The summed E-state index contributed by atoms with van der Waals surface area (Å²) in [5, 5.41) is 1.74. The number of carbonyl (C=O) groups is 1. The fourth-order valence-electron chi connectivity index (χ4n) is 3.44. The normalized spacial score (nSPS) is 18.7. The molecule has 0 aliphatic carbocycles. The van der Waals surface area contributed by atoms with Gasteiger partial charge in [-0.1, -0.05) is 35.5 Å². The van der Waals surface area contributed by atoms with Gasteiger partial charge in [-0.3, -0.25) is 4.79 Å².